The van der Waals surface area contributed by atoms with Gasteiger partial charge in [-0.25, -0.2) is 0 Å². The molecule has 0 radical (unpaired) electrons. The van der Waals surface area contributed by atoms with Gasteiger partial charge in [-0.3, -0.25) is 14.4 Å². The van der Waals surface area contributed by atoms with Gasteiger partial charge >= 0.3 is 17.9 Å². The number of esters is 3. The molecule has 0 bridgehead atoms. The molecule has 0 spiro atoms. The fourth-order valence-corrected chi connectivity index (χ4v) is 10.3. The number of rotatable bonds is 65. The SMILES string of the molecule is CC/C=C\C/C=C\C/C=C\C/C=C\CCCCCCCCCCCCCCCCCCC(=O)OCC(COC(=O)CCCCCCCCCCCCCC)OC(=O)CCCCCCCCCC/C=C\C/C=C\C/C=C\CCCCCCC. The third-order valence-electron chi connectivity index (χ3n) is 15.6. The minimum absolute atomic E-state index is 0.0746. The lowest BCUT2D eigenvalue weighted by Gasteiger charge is -2.18. The van der Waals surface area contributed by atoms with Crippen molar-refractivity contribution in [2.75, 3.05) is 13.2 Å². The molecule has 6 nitrogen and oxygen atoms in total. The summed E-state index contributed by atoms with van der Waals surface area (Å²) in [6.07, 6.45) is 93.2. The molecule has 0 aromatic carbocycles. The van der Waals surface area contributed by atoms with Crippen molar-refractivity contribution in [1.29, 1.82) is 0 Å². The molecule has 1 unspecified atom stereocenters. The van der Waals surface area contributed by atoms with E-state index in [9.17, 15) is 14.4 Å². The molecule has 0 heterocycles. The van der Waals surface area contributed by atoms with Gasteiger partial charge in [0.1, 0.15) is 13.2 Å². The van der Waals surface area contributed by atoms with E-state index in [1.165, 1.54) is 218 Å². The van der Waals surface area contributed by atoms with E-state index in [2.05, 4.69) is 106 Å². The van der Waals surface area contributed by atoms with Crippen molar-refractivity contribution in [1.82, 2.24) is 0 Å². The molecule has 0 N–H and O–H groups in total. The Morgan fingerprint density at radius 1 is 0.256 bits per heavy atom. The van der Waals surface area contributed by atoms with Gasteiger partial charge in [-0.2, -0.15) is 0 Å². The first-order valence-corrected chi connectivity index (χ1v) is 35.6. The van der Waals surface area contributed by atoms with E-state index in [1.54, 1.807) is 0 Å². The second-order valence-corrected chi connectivity index (χ2v) is 23.8. The fourth-order valence-electron chi connectivity index (χ4n) is 10.3. The molecule has 82 heavy (non-hydrogen) atoms. The Hall–Kier alpha value is -3.41. The highest BCUT2D eigenvalue weighted by Crippen LogP contribution is 2.18. The lowest BCUT2D eigenvalue weighted by molar-refractivity contribution is -0.167. The Bertz CT molecular complexity index is 1550. The first-order chi connectivity index (χ1) is 40.5. The van der Waals surface area contributed by atoms with E-state index >= 15 is 0 Å². The number of hydrogen-bond donors (Lipinski definition) is 0. The van der Waals surface area contributed by atoms with Crippen LogP contribution < -0.4 is 0 Å². The third-order valence-corrected chi connectivity index (χ3v) is 15.6. The van der Waals surface area contributed by atoms with Gasteiger partial charge in [0.25, 0.3) is 0 Å². The van der Waals surface area contributed by atoms with Gasteiger partial charge in [-0.1, -0.05) is 331 Å². The molecule has 0 amide bonds. The minimum Gasteiger partial charge on any atom is -0.462 e. The highest BCUT2D eigenvalue weighted by atomic mass is 16.6. The smallest absolute Gasteiger partial charge is 0.306 e. The van der Waals surface area contributed by atoms with Crippen molar-refractivity contribution in [2.24, 2.45) is 0 Å². The Morgan fingerprint density at radius 3 is 0.744 bits per heavy atom. The van der Waals surface area contributed by atoms with Crippen LogP contribution in [0.15, 0.2) is 85.1 Å². The Labute approximate surface area is 509 Å². The number of carbonyl (C=O) groups excluding carboxylic acids is 3. The summed E-state index contributed by atoms with van der Waals surface area (Å²) in [6.45, 7) is 6.56. The molecule has 0 aromatic heterocycles. The highest BCUT2D eigenvalue weighted by Gasteiger charge is 2.19. The minimum atomic E-state index is -0.779. The molecule has 6 heteroatoms. The molecular formula is C76H134O6. The lowest BCUT2D eigenvalue weighted by atomic mass is 10.0. The molecule has 0 aliphatic rings. The summed E-state index contributed by atoms with van der Waals surface area (Å²) in [6, 6.07) is 0. The highest BCUT2D eigenvalue weighted by molar-refractivity contribution is 5.71. The van der Waals surface area contributed by atoms with Crippen LogP contribution in [0.4, 0.5) is 0 Å². The number of carbonyl (C=O) groups is 3. The molecule has 0 rings (SSSR count). The van der Waals surface area contributed by atoms with Gasteiger partial charge in [-0.05, 0) is 96.3 Å². The van der Waals surface area contributed by atoms with Crippen molar-refractivity contribution in [2.45, 2.75) is 367 Å². The van der Waals surface area contributed by atoms with Crippen LogP contribution in [-0.4, -0.2) is 37.2 Å². The number of unbranched alkanes of at least 4 members (excludes halogenated alkanes) is 40. The summed E-state index contributed by atoms with van der Waals surface area (Å²) < 4.78 is 17.0. The van der Waals surface area contributed by atoms with Gasteiger partial charge in [-0.15, -0.1) is 0 Å². The standard InChI is InChI=1S/C76H134O6/c1-4-7-10-13-16-19-22-25-27-29-31-33-35-36-37-38-39-40-42-43-45-47-49-51-54-57-60-63-66-69-75(78)81-72-73(71-80-74(77)68-65-62-59-56-53-24-21-18-15-12-9-6-3)82-76(79)70-67-64-61-58-55-52-50-48-46-44-41-34-32-30-28-26-23-20-17-14-11-8-5-2/h7,10,16,19,23,25-27,30-33,41,44,73H,4-6,8-9,11-15,17-18,20-22,24,28-29,34-40,42-43,45-72H2,1-3H3/b10-7-,19-16-,26-23-,27-25-,32-30-,33-31-,44-41-. The van der Waals surface area contributed by atoms with E-state index in [0.29, 0.717) is 19.3 Å². The van der Waals surface area contributed by atoms with Gasteiger partial charge in [0.15, 0.2) is 6.10 Å². The quantitative estimate of drug-likeness (QED) is 0.0261. The van der Waals surface area contributed by atoms with Crippen molar-refractivity contribution in [3.63, 3.8) is 0 Å². The Morgan fingerprint density at radius 2 is 0.476 bits per heavy atom. The summed E-state index contributed by atoms with van der Waals surface area (Å²) in [5.74, 6) is -0.862. The summed E-state index contributed by atoms with van der Waals surface area (Å²) in [5, 5.41) is 0. The van der Waals surface area contributed by atoms with Crippen LogP contribution in [0.3, 0.4) is 0 Å². The normalized spacial score (nSPS) is 12.6. The van der Waals surface area contributed by atoms with E-state index in [4.69, 9.17) is 14.2 Å². The summed E-state index contributed by atoms with van der Waals surface area (Å²) >= 11 is 0. The van der Waals surface area contributed by atoms with E-state index in [0.717, 1.165) is 103 Å². The summed E-state index contributed by atoms with van der Waals surface area (Å²) in [7, 11) is 0. The van der Waals surface area contributed by atoms with Crippen LogP contribution in [0.5, 0.6) is 0 Å². The van der Waals surface area contributed by atoms with Crippen LogP contribution >= 0.6 is 0 Å². The van der Waals surface area contributed by atoms with E-state index < -0.39 is 6.10 Å². The van der Waals surface area contributed by atoms with Crippen LogP contribution in [0, 0.1) is 0 Å². The van der Waals surface area contributed by atoms with Crippen LogP contribution in [0.25, 0.3) is 0 Å². The molecule has 0 aliphatic carbocycles. The van der Waals surface area contributed by atoms with E-state index in [-0.39, 0.29) is 31.1 Å². The number of hydrogen-bond acceptors (Lipinski definition) is 6. The third kappa shape index (κ3) is 67.4. The lowest BCUT2D eigenvalue weighted by Crippen LogP contribution is -2.30. The van der Waals surface area contributed by atoms with Crippen molar-refractivity contribution >= 4 is 17.9 Å². The molecule has 0 saturated carbocycles. The molecule has 0 fully saturated rings. The summed E-state index contributed by atoms with van der Waals surface area (Å²) in [5.41, 5.74) is 0. The van der Waals surface area contributed by atoms with Crippen molar-refractivity contribution < 1.29 is 28.6 Å². The van der Waals surface area contributed by atoms with Gasteiger partial charge < -0.3 is 14.2 Å². The molecule has 1 atom stereocenters. The fraction of sp³-hybridized carbons (Fsp3) is 0.776. The topological polar surface area (TPSA) is 78.9 Å². The molecule has 0 aromatic rings. The molecule has 0 aliphatic heterocycles. The zero-order valence-electron chi connectivity index (χ0n) is 54.5. The zero-order valence-corrected chi connectivity index (χ0v) is 54.5. The second kappa shape index (κ2) is 70.1. The molecule has 0 saturated heterocycles. The van der Waals surface area contributed by atoms with Crippen molar-refractivity contribution in [3.8, 4) is 0 Å². The number of ether oxygens (including phenoxy) is 3. The Balaban J connectivity index is 4.23. The van der Waals surface area contributed by atoms with Gasteiger partial charge in [0.2, 0.25) is 0 Å². The Kier molecular flexibility index (Phi) is 67.2. The zero-order chi connectivity index (χ0) is 59.2. The first-order valence-electron chi connectivity index (χ1n) is 35.6. The average molecular weight is 1140 g/mol. The number of allylic oxidation sites excluding steroid dienone is 14. The van der Waals surface area contributed by atoms with Gasteiger partial charge in [0, 0.05) is 19.3 Å². The maximum atomic E-state index is 12.9. The predicted octanol–water partition coefficient (Wildman–Crippen LogP) is 24.6. The maximum Gasteiger partial charge on any atom is 0.306 e. The summed E-state index contributed by atoms with van der Waals surface area (Å²) in [4.78, 5) is 38.4. The molecular weight excluding hydrogens is 1010 g/mol. The average Bonchev–Trinajstić information content (AvgIpc) is 3.47. The van der Waals surface area contributed by atoms with Crippen LogP contribution in [0.1, 0.15) is 361 Å². The largest absolute Gasteiger partial charge is 0.462 e. The van der Waals surface area contributed by atoms with Crippen LogP contribution in [0.2, 0.25) is 0 Å². The molecule has 474 valence electrons. The van der Waals surface area contributed by atoms with Crippen LogP contribution in [-0.2, 0) is 28.6 Å². The first kappa shape index (κ1) is 78.6. The van der Waals surface area contributed by atoms with Gasteiger partial charge in [0.05, 0.1) is 0 Å². The van der Waals surface area contributed by atoms with Crippen molar-refractivity contribution in [3.05, 3.63) is 85.1 Å². The van der Waals surface area contributed by atoms with E-state index in [1.807, 2.05) is 0 Å². The maximum absolute atomic E-state index is 12.9. The predicted molar refractivity (Wildman–Crippen MR) is 358 cm³/mol. The monoisotopic (exact) mass is 1140 g/mol. The second-order valence-electron chi connectivity index (χ2n) is 23.8.